The minimum atomic E-state index is -1.03. The smallest absolute Gasteiger partial charge is 0.356 e. The highest BCUT2D eigenvalue weighted by Crippen LogP contribution is 2.23. The molecule has 1 saturated heterocycles. The molecule has 106 valence electrons. The number of carbonyl (C=O) groups is 1. The second-order valence-electron chi connectivity index (χ2n) is 5.01. The standard InChI is InChI=1S/C14H12N4O3/c19-14(20)12-6-17-4-9(1-2-13(17)16-12)10-3-15-18(5-10)11-7-21-8-11/h1-6,11H,7-8H2,(H,19,20). The van der Waals surface area contributed by atoms with E-state index in [1.165, 1.54) is 6.20 Å². The van der Waals surface area contributed by atoms with Crippen LogP contribution in [-0.4, -0.2) is 43.5 Å². The maximum Gasteiger partial charge on any atom is 0.356 e. The highest BCUT2D eigenvalue weighted by molar-refractivity contribution is 5.86. The Morgan fingerprint density at radius 2 is 2.10 bits per heavy atom. The van der Waals surface area contributed by atoms with E-state index in [4.69, 9.17) is 9.84 Å². The van der Waals surface area contributed by atoms with Crippen molar-refractivity contribution in [3.05, 3.63) is 42.6 Å². The Hall–Kier alpha value is -2.67. The summed E-state index contributed by atoms with van der Waals surface area (Å²) in [5.74, 6) is -1.03. The first-order valence-electron chi connectivity index (χ1n) is 6.55. The molecular weight excluding hydrogens is 272 g/mol. The van der Waals surface area contributed by atoms with Crippen LogP contribution in [-0.2, 0) is 4.74 Å². The zero-order valence-corrected chi connectivity index (χ0v) is 11.0. The van der Waals surface area contributed by atoms with Gasteiger partial charge in [-0.25, -0.2) is 9.78 Å². The highest BCUT2D eigenvalue weighted by Gasteiger charge is 2.21. The molecule has 1 fully saturated rings. The molecule has 0 amide bonds. The Morgan fingerprint density at radius 1 is 1.24 bits per heavy atom. The van der Waals surface area contributed by atoms with E-state index in [1.807, 2.05) is 23.1 Å². The first-order chi connectivity index (χ1) is 10.2. The van der Waals surface area contributed by atoms with Gasteiger partial charge in [0, 0.05) is 29.7 Å². The summed E-state index contributed by atoms with van der Waals surface area (Å²) in [5.41, 5.74) is 2.59. The molecule has 0 atom stereocenters. The molecule has 4 heterocycles. The molecule has 4 rings (SSSR count). The molecule has 0 aliphatic carbocycles. The Labute approximate surface area is 119 Å². The van der Waals surface area contributed by atoms with Gasteiger partial charge < -0.3 is 14.2 Å². The minimum absolute atomic E-state index is 0.0365. The van der Waals surface area contributed by atoms with Crippen molar-refractivity contribution in [1.82, 2.24) is 19.2 Å². The minimum Gasteiger partial charge on any atom is -0.476 e. The van der Waals surface area contributed by atoms with Crippen LogP contribution in [0.3, 0.4) is 0 Å². The van der Waals surface area contributed by atoms with Gasteiger partial charge in [-0.15, -0.1) is 0 Å². The number of imidazole rings is 1. The zero-order valence-electron chi connectivity index (χ0n) is 11.0. The molecule has 0 radical (unpaired) electrons. The summed E-state index contributed by atoms with van der Waals surface area (Å²) in [4.78, 5) is 15.0. The van der Waals surface area contributed by atoms with E-state index in [0.717, 1.165) is 11.1 Å². The Balaban J connectivity index is 1.72. The lowest BCUT2D eigenvalue weighted by Gasteiger charge is -2.25. The second kappa shape index (κ2) is 4.42. The fourth-order valence-corrected chi connectivity index (χ4v) is 2.33. The topological polar surface area (TPSA) is 81.6 Å². The van der Waals surface area contributed by atoms with E-state index in [-0.39, 0.29) is 5.69 Å². The molecule has 0 saturated carbocycles. The van der Waals surface area contributed by atoms with Gasteiger partial charge in [0.25, 0.3) is 0 Å². The molecule has 3 aromatic rings. The fraction of sp³-hybridized carbons (Fsp3) is 0.214. The van der Waals surface area contributed by atoms with Gasteiger partial charge in [0.1, 0.15) is 5.65 Å². The van der Waals surface area contributed by atoms with Gasteiger partial charge in [0.15, 0.2) is 5.69 Å². The fourth-order valence-electron chi connectivity index (χ4n) is 2.33. The predicted molar refractivity (Wildman–Crippen MR) is 73.2 cm³/mol. The number of rotatable bonds is 3. The van der Waals surface area contributed by atoms with E-state index in [1.54, 1.807) is 16.7 Å². The number of carboxylic acid groups (broad SMARTS) is 1. The average molecular weight is 284 g/mol. The van der Waals surface area contributed by atoms with E-state index in [0.29, 0.717) is 24.9 Å². The SMILES string of the molecule is O=C(O)c1cn2cc(-c3cnn(C4COC4)c3)ccc2n1. The van der Waals surface area contributed by atoms with Gasteiger partial charge in [0.05, 0.1) is 25.5 Å². The van der Waals surface area contributed by atoms with Crippen molar-refractivity contribution in [2.75, 3.05) is 13.2 Å². The normalized spacial score (nSPS) is 15.2. The molecule has 21 heavy (non-hydrogen) atoms. The van der Waals surface area contributed by atoms with Gasteiger partial charge in [-0.3, -0.25) is 4.68 Å². The average Bonchev–Trinajstić information content (AvgIpc) is 3.01. The molecule has 7 heteroatoms. The summed E-state index contributed by atoms with van der Waals surface area (Å²) in [7, 11) is 0. The predicted octanol–water partition coefficient (Wildman–Crippen LogP) is 1.47. The van der Waals surface area contributed by atoms with Crippen molar-refractivity contribution in [3.63, 3.8) is 0 Å². The van der Waals surface area contributed by atoms with Crippen LogP contribution >= 0.6 is 0 Å². The van der Waals surface area contributed by atoms with E-state index in [2.05, 4.69) is 10.1 Å². The molecule has 0 bridgehead atoms. The Bertz CT molecular complexity index is 832. The lowest BCUT2D eigenvalue weighted by atomic mass is 10.1. The van der Waals surface area contributed by atoms with Crippen LogP contribution in [0.4, 0.5) is 0 Å². The van der Waals surface area contributed by atoms with E-state index in [9.17, 15) is 4.79 Å². The van der Waals surface area contributed by atoms with Crippen molar-refractivity contribution in [2.24, 2.45) is 0 Å². The summed E-state index contributed by atoms with van der Waals surface area (Å²) < 4.78 is 8.77. The first-order valence-corrected chi connectivity index (χ1v) is 6.55. The third-order valence-electron chi connectivity index (χ3n) is 3.60. The number of fused-ring (bicyclic) bond motifs is 1. The number of nitrogens with zero attached hydrogens (tertiary/aromatic N) is 4. The van der Waals surface area contributed by atoms with Crippen molar-refractivity contribution in [3.8, 4) is 11.1 Å². The number of hydrogen-bond acceptors (Lipinski definition) is 4. The number of ether oxygens (including phenoxy) is 1. The second-order valence-corrected chi connectivity index (χ2v) is 5.01. The van der Waals surface area contributed by atoms with Crippen LogP contribution in [0.1, 0.15) is 16.5 Å². The van der Waals surface area contributed by atoms with Crippen LogP contribution in [0, 0.1) is 0 Å². The van der Waals surface area contributed by atoms with Gasteiger partial charge in [-0.1, -0.05) is 0 Å². The largest absolute Gasteiger partial charge is 0.476 e. The molecule has 0 unspecified atom stereocenters. The van der Waals surface area contributed by atoms with Gasteiger partial charge >= 0.3 is 5.97 Å². The van der Waals surface area contributed by atoms with Gasteiger partial charge in [0.2, 0.25) is 0 Å². The monoisotopic (exact) mass is 284 g/mol. The lowest BCUT2D eigenvalue weighted by molar-refractivity contribution is -0.0286. The number of pyridine rings is 1. The van der Waals surface area contributed by atoms with Crippen LogP contribution in [0.2, 0.25) is 0 Å². The maximum absolute atomic E-state index is 10.9. The molecule has 3 aromatic heterocycles. The summed E-state index contributed by atoms with van der Waals surface area (Å²) in [5, 5.41) is 13.3. The summed E-state index contributed by atoms with van der Waals surface area (Å²) in [6.45, 7) is 1.40. The van der Waals surface area contributed by atoms with Gasteiger partial charge in [-0.05, 0) is 12.1 Å². The lowest BCUT2D eigenvalue weighted by Crippen LogP contribution is -2.30. The van der Waals surface area contributed by atoms with Crippen LogP contribution in [0.15, 0.2) is 36.9 Å². The van der Waals surface area contributed by atoms with E-state index >= 15 is 0 Å². The molecular formula is C14H12N4O3. The summed E-state index contributed by atoms with van der Waals surface area (Å²) in [6, 6.07) is 4.02. The molecule has 1 aliphatic rings. The number of hydrogen-bond donors (Lipinski definition) is 1. The van der Waals surface area contributed by atoms with Crippen molar-refractivity contribution in [1.29, 1.82) is 0 Å². The van der Waals surface area contributed by atoms with Gasteiger partial charge in [-0.2, -0.15) is 5.10 Å². The third-order valence-corrected chi connectivity index (χ3v) is 3.60. The number of aromatic carboxylic acids is 1. The Morgan fingerprint density at radius 3 is 2.81 bits per heavy atom. The van der Waals surface area contributed by atoms with Crippen molar-refractivity contribution < 1.29 is 14.6 Å². The third kappa shape index (κ3) is 1.98. The van der Waals surface area contributed by atoms with Crippen LogP contribution in [0.5, 0.6) is 0 Å². The Kier molecular flexibility index (Phi) is 2.55. The highest BCUT2D eigenvalue weighted by atomic mass is 16.5. The molecule has 7 nitrogen and oxygen atoms in total. The number of carboxylic acids is 1. The van der Waals surface area contributed by atoms with Crippen molar-refractivity contribution >= 4 is 11.6 Å². The summed E-state index contributed by atoms with van der Waals surface area (Å²) >= 11 is 0. The number of aromatic nitrogens is 4. The van der Waals surface area contributed by atoms with Crippen LogP contribution in [0.25, 0.3) is 16.8 Å². The molecule has 1 N–H and O–H groups in total. The molecule has 0 aromatic carbocycles. The quantitative estimate of drug-likeness (QED) is 0.787. The summed E-state index contributed by atoms with van der Waals surface area (Å²) in [6.07, 6.45) is 7.14. The zero-order chi connectivity index (χ0) is 14.4. The molecule has 1 aliphatic heterocycles. The van der Waals surface area contributed by atoms with Crippen molar-refractivity contribution in [2.45, 2.75) is 6.04 Å². The van der Waals surface area contributed by atoms with E-state index < -0.39 is 5.97 Å². The molecule has 0 spiro atoms. The first kappa shape index (κ1) is 12.1. The van der Waals surface area contributed by atoms with Crippen LogP contribution < -0.4 is 0 Å². The maximum atomic E-state index is 10.9.